The molecule has 0 aliphatic carbocycles. The first kappa shape index (κ1) is 18.5. The molecule has 2 aromatic heterocycles. The molecule has 2 rings (SSSR count). The van der Waals surface area contributed by atoms with E-state index in [1.807, 2.05) is 6.07 Å². The fourth-order valence-corrected chi connectivity index (χ4v) is 3.43. The number of nitrogens with zero attached hydrogens (tertiary/aromatic N) is 1. The van der Waals surface area contributed by atoms with Crippen molar-refractivity contribution in [2.24, 2.45) is 0 Å². The Kier molecular flexibility index (Phi) is 5.66. The number of fused-ring (bicyclic) bond motifs is 1. The molecule has 2 aromatic rings. The number of hydrogen-bond donors (Lipinski definition) is 2. The predicted octanol–water partition coefficient (Wildman–Crippen LogP) is 3.13. The smallest absolute Gasteiger partial charge is 0.408 e. The number of hydrogen-bond acceptors (Lipinski definition) is 5. The van der Waals surface area contributed by atoms with Crippen molar-refractivity contribution in [1.82, 2.24) is 15.6 Å². The van der Waals surface area contributed by atoms with Crippen LogP contribution in [0.25, 0.3) is 10.2 Å². The molecular formula is C16H20ClN3O3S. The van der Waals surface area contributed by atoms with Crippen molar-refractivity contribution in [3.8, 4) is 0 Å². The van der Waals surface area contributed by atoms with E-state index < -0.39 is 17.7 Å². The summed E-state index contributed by atoms with van der Waals surface area (Å²) >= 11 is 7.61. The van der Waals surface area contributed by atoms with Crippen molar-refractivity contribution in [3.63, 3.8) is 0 Å². The molecule has 0 spiro atoms. The Morgan fingerprint density at radius 3 is 2.71 bits per heavy atom. The quantitative estimate of drug-likeness (QED) is 0.867. The Bertz CT molecular complexity index is 755. The third-order valence-corrected chi connectivity index (χ3v) is 4.68. The van der Waals surface area contributed by atoms with Crippen LogP contribution in [0.15, 0.2) is 18.3 Å². The molecule has 0 fully saturated rings. The van der Waals surface area contributed by atoms with Gasteiger partial charge in [0.15, 0.2) is 0 Å². The molecule has 0 saturated carbocycles. The lowest BCUT2D eigenvalue weighted by Crippen LogP contribution is -2.48. The van der Waals surface area contributed by atoms with Gasteiger partial charge in [-0.3, -0.25) is 9.78 Å². The van der Waals surface area contributed by atoms with Crippen molar-refractivity contribution in [3.05, 3.63) is 28.2 Å². The highest BCUT2D eigenvalue weighted by atomic mass is 35.5. The highest BCUT2D eigenvalue weighted by Crippen LogP contribution is 2.30. The molecule has 24 heavy (non-hydrogen) atoms. The number of ether oxygens (including phenoxy) is 1. The largest absolute Gasteiger partial charge is 0.444 e. The molecule has 2 N–H and O–H groups in total. The van der Waals surface area contributed by atoms with E-state index in [1.54, 1.807) is 33.0 Å². The van der Waals surface area contributed by atoms with Crippen LogP contribution in [0.4, 0.5) is 4.79 Å². The second kappa shape index (κ2) is 7.36. The highest BCUT2D eigenvalue weighted by molar-refractivity contribution is 7.19. The zero-order valence-corrected chi connectivity index (χ0v) is 15.5. The van der Waals surface area contributed by atoms with Crippen molar-refractivity contribution in [1.29, 1.82) is 0 Å². The summed E-state index contributed by atoms with van der Waals surface area (Å²) in [6, 6.07) is 2.86. The third kappa shape index (κ3) is 4.82. The number of thiophene rings is 1. The molecular weight excluding hydrogens is 350 g/mol. The fraction of sp³-hybridized carbons (Fsp3) is 0.438. The van der Waals surface area contributed by atoms with Gasteiger partial charge in [-0.2, -0.15) is 0 Å². The predicted molar refractivity (Wildman–Crippen MR) is 95.6 cm³/mol. The van der Waals surface area contributed by atoms with Gasteiger partial charge in [0.2, 0.25) is 5.91 Å². The molecule has 0 radical (unpaired) electrons. The Hall–Kier alpha value is -1.86. The van der Waals surface area contributed by atoms with Crippen LogP contribution in [0.3, 0.4) is 0 Å². The maximum Gasteiger partial charge on any atom is 0.408 e. The third-order valence-electron chi connectivity index (χ3n) is 3.07. The Morgan fingerprint density at radius 1 is 1.42 bits per heavy atom. The van der Waals surface area contributed by atoms with Gasteiger partial charge in [-0.25, -0.2) is 4.79 Å². The number of alkyl carbamates (subject to hydrolysis) is 1. The van der Waals surface area contributed by atoms with Crippen LogP contribution in [0.1, 0.15) is 25.6 Å². The second-order valence-electron chi connectivity index (χ2n) is 6.24. The van der Waals surface area contributed by atoms with Gasteiger partial charge in [0, 0.05) is 24.5 Å². The second-order valence-corrected chi connectivity index (χ2v) is 7.78. The molecule has 1 atom stereocenters. The maximum absolute atomic E-state index is 12.1. The van der Waals surface area contributed by atoms with Gasteiger partial charge in [0.1, 0.15) is 11.6 Å². The SMILES string of the molecule is CNC(=O)C(Cc1cc2nccc(Cl)c2s1)NC(=O)OC(C)(C)C. The number of likely N-dealkylation sites (N-methyl/N-ethyl adjacent to an activating group) is 1. The maximum atomic E-state index is 12.1. The van der Waals surface area contributed by atoms with Gasteiger partial charge >= 0.3 is 6.09 Å². The fourth-order valence-electron chi connectivity index (χ4n) is 2.09. The number of halogens is 1. The molecule has 0 aliphatic rings. The van der Waals surface area contributed by atoms with Crippen LogP contribution in [0, 0.1) is 0 Å². The normalized spacial score (nSPS) is 12.7. The van der Waals surface area contributed by atoms with E-state index in [0.717, 1.165) is 15.1 Å². The standard InChI is InChI=1S/C16H20ClN3O3S/c1-16(2,3)23-15(22)20-12(14(21)18-4)8-9-7-11-13(24-9)10(17)5-6-19-11/h5-7,12H,8H2,1-4H3,(H,18,21)(H,20,22). The number of aromatic nitrogens is 1. The first-order valence-electron chi connectivity index (χ1n) is 7.43. The number of amides is 2. The molecule has 0 saturated heterocycles. The van der Waals surface area contributed by atoms with Crippen LogP contribution in [0.5, 0.6) is 0 Å². The van der Waals surface area contributed by atoms with E-state index in [-0.39, 0.29) is 5.91 Å². The van der Waals surface area contributed by atoms with E-state index in [4.69, 9.17) is 16.3 Å². The highest BCUT2D eigenvalue weighted by Gasteiger charge is 2.24. The Morgan fingerprint density at radius 2 is 2.12 bits per heavy atom. The summed E-state index contributed by atoms with van der Waals surface area (Å²) in [6.45, 7) is 5.30. The molecule has 6 nitrogen and oxygen atoms in total. The number of carbonyl (C=O) groups excluding carboxylic acids is 2. The van der Waals surface area contributed by atoms with Crippen LogP contribution >= 0.6 is 22.9 Å². The molecule has 2 heterocycles. The monoisotopic (exact) mass is 369 g/mol. The zero-order chi connectivity index (χ0) is 17.9. The molecule has 0 aromatic carbocycles. The van der Waals surface area contributed by atoms with Crippen molar-refractivity contribution in [2.45, 2.75) is 38.8 Å². The van der Waals surface area contributed by atoms with Crippen molar-refractivity contribution < 1.29 is 14.3 Å². The average Bonchev–Trinajstić information content (AvgIpc) is 2.88. The molecule has 8 heteroatoms. The number of nitrogens with one attached hydrogen (secondary N) is 2. The summed E-state index contributed by atoms with van der Waals surface area (Å²) in [5, 5.41) is 5.78. The summed E-state index contributed by atoms with van der Waals surface area (Å²) < 4.78 is 6.08. The van der Waals surface area contributed by atoms with E-state index in [1.165, 1.54) is 18.4 Å². The summed E-state index contributed by atoms with van der Waals surface area (Å²) in [5.41, 5.74) is 0.141. The van der Waals surface area contributed by atoms with Crippen LogP contribution in [-0.2, 0) is 16.0 Å². The summed E-state index contributed by atoms with van der Waals surface area (Å²) in [4.78, 5) is 29.2. The van der Waals surface area contributed by atoms with Crippen LogP contribution < -0.4 is 10.6 Å². The van der Waals surface area contributed by atoms with Gasteiger partial charge in [-0.05, 0) is 32.9 Å². The van der Waals surface area contributed by atoms with Crippen LogP contribution in [0.2, 0.25) is 5.02 Å². The molecule has 130 valence electrons. The van der Waals surface area contributed by atoms with Gasteiger partial charge in [0.05, 0.1) is 15.2 Å². The molecule has 0 bridgehead atoms. The van der Waals surface area contributed by atoms with Gasteiger partial charge in [0.25, 0.3) is 0 Å². The molecule has 0 aliphatic heterocycles. The minimum Gasteiger partial charge on any atom is -0.444 e. The minimum absolute atomic E-state index is 0.294. The number of rotatable bonds is 4. The van der Waals surface area contributed by atoms with Crippen molar-refractivity contribution >= 4 is 45.2 Å². The number of pyridine rings is 1. The minimum atomic E-state index is -0.739. The average molecular weight is 370 g/mol. The number of carbonyl (C=O) groups is 2. The van der Waals surface area contributed by atoms with Gasteiger partial charge < -0.3 is 15.4 Å². The van der Waals surface area contributed by atoms with E-state index in [9.17, 15) is 9.59 Å². The van der Waals surface area contributed by atoms with E-state index >= 15 is 0 Å². The lowest BCUT2D eigenvalue weighted by Gasteiger charge is -2.22. The van der Waals surface area contributed by atoms with Gasteiger partial charge in [-0.1, -0.05) is 11.6 Å². The zero-order valence-electron chi connectivity index (χ0n) is 14.0. The van der Waals surface area contributed by atoms with Crippen molar-refractivity contribution in [2.75, 3.05) is 7.05 Å². The van der Waals surface area contributed by atoms with E-state index in [2.05, 4.69) is 15.6 Å². The van der Waals surface area contributed by atoms with Gasteiger partial charge in [-0.15, -0.1) is 11.3 Å². The van der Waals surface area contributed by atoms with E-state index in [0.29, 0.717) is 11.4 Å². The lowest BCUT2D eigenvalue weighted by molar-refractivity contribution is -0.122. The topological polar surface area (TPSA) is 80.3 Å². The van der Waals surface area contributed by atoms with Crippen LogP contribution in [-0.4, -0.2) is 35.7 Å². The summed E-state index contributed by atoms with van der Waals surface area (Å²) in [5.74, 6) is -0.294. The molecule has 1 unspecified atom stereocenters. The molecule has 2 amide bonds. The lowest BCUT2D eigenvalue weighted by atomic mass is 10.1. The first-order chi connectivity index (χ1) is 11.2. The summed E-state index contributed by atoms with van der Waals surface area (Å²) in [6.07, 6.45) is 1.33. The Labute approximate surface area is 149 Å². The first-order valence-corrected chi connectivity index (χ1v) is 8.63. The summed E-state index contributed by atoms with van der Waals surface area (Å²) in [7, 11) is 1.52. The Balaban J connectivity index is 2.17.